The van der Waals surface area contributed by atoms with Crippen molar-refractivity contribution in [3.63, 3.8) is 0 Å². The topological polar surface area (TPSA) is 142 Å². The third-order valence-electron chi connectivity index (χ3n) is 2.83. The Balaban J connectivity index is 4.75. The van der Waals surface area contributed by atoms with E-state index in [4.69, 9.17) is 10.8 Å². The number of carbonyl (C=O) groups is 3. The van der Waals surface area contributed by atoms with Crippen LogP contribution in [0.15, 0.2) is 0 Å². The van der Waals surface area contributed by atoms with Crippen LogP contribution in [0, 0.1) is 0 Å². The van der Waals surface area contributed by atoms with Gasteiger partial charge in [0.25, 0.3) is 0 Å². The van der Waals surface area contributed by atoms with E-state index in [-0.39, 0.29) is 5.75 Å². The number of aliphatic hydroxyl groups excluding tert-OH is 1. The third kappa shape index (κ3) is 7.34. The normalized spacial score (nSPS) is 16.2. The van der Waals surface area contributed by atoms with Gasteiger partial charge in [0.1, 0.15) is 12.1 Å². The van der Waals surface area contributed by atoms with Crippen LogP contribution in [0.2, 0.25) is 0 Å². The number of aliphatic hydroxyl groups is 1. The zero-order chi connectivity index (χ0) is 17.3. The van der Waals surface area contributed by atoms with Crippen LogP contribution in [0.4, 0.5) is 0 Å². The van der Waals surface area contributed by atoms with Crippen molar-refractivity contribution in [1.29, 1.82) is 0 Å². The average molecular weight is 353 g/mol. The maximum Gasteiger partial charge on any atom is 0.327 e. The maximum atomic E-state index is 12.0. The minimum Gasteiger partial charge on any atom is -0.480 e. The molecule has 0 aliphatic heterocycles. The summed E-state index contributed by atoms with van der Waals surface area (Å²) in [6.07, 6.45) is 1.10. The lowest BCUT2D eigenvalue weighted by Crippen LogP contribution is -2.58. The monoisotopic (exact) mass is 353 g/mol. The highest BCUT2D eigenvalue weighted by atomic mass is 32.2. The van der Waals surface area contributed by atoms with Crippen molar-refractivity contribution in [2.45, 2.75) is 37.6 Å². The standard InChI is InChI=1S/C12H23N3O5S2/c1-6(16)9(11(18)14-8(5-21)12(19)20)15-10(17)7(13)3-4-22-2/h6-9,16,21H,3-5,13H2,1-2H3,(H,14,18)(H,15,17)(H,19,20). The molecule has 0 aliphatic carbocycles. The zero-order valence-corrected chi connectivity index (χ0v) is 14.2. The second-order valence-electron chi connectivity index (χ2n) is 4.70. The van der Waals surface area contributed by atoms with Gasteiger partial charge in [0.2, 0.25) is 11.8 Å². The van der Waals surface area contributed by atoms with E-state index in [2.05, 4.69) is 23.3 Å². The van der Waals surface area contributed by atoms with Gasteiger partial charge in [-0.3, -0.25) is 9.59 Å². The third-order valence-corrected chi connectivity index (χ3v) is 3.84. The van der Waals surface area contributed by atoms with E-state index in [0.29, 0.717) is 12.2 Å². The van der Waals surface area contributed by atoms with Gasteiger partial charge in [-0.1, -0.05) is 0 Å². The molecule has 10 heteroatoms. The maximum absolute atomic E-state index is 12.0. The van der Waals surface area contributed by atoms with Crippen molar-refractivity contribution in [3.05, 3.63) is 0 Å². The molecule has 0 fully saturated rings. The van der Waals surface area contributed by atoms with E-state index in [9.17, 15) is 19.5 Å². The highest BCUT2D eigenvalue weighted by Crippen LogP contribution is 2.01. The van der Waals surface area contributed by atoms with Gasteiger partial charge in [-0.15, -0.1) is 0 Å². The summed E-state index contributed by atoms with van der Waals surface area (Å²) < 4.78 is 0. The van der Waals surface area contributed by atoms with Crippen LogP contribution in [0.3, 0.4) is 0 Å². The Bertz CT molecular complexity index is 395. The van der Waals surface area contributed by atoms with Crippen molar-refractivity contribution >= 4 is 42.2 Å². The smallest absolute Gasteiger partial charge is 0.327 e. The number of thiol groups is 1. The molecule has 0 aromatic rings. The summed E-state index contributed by atoms with van der Waals surface area (Å²) in [5.41, 5.74) is 5.68. The van der Waals surface area contributed by atoms with Crippen LogP contribution in [0.5, 0.6) is 0 Å². The highest BCUT2D eigenvalue weighted by molar-refractivity contribution is 7.98. The van der Waals surface area contributed by atoms with Crippen LogP contribution in [-0.2, 0) is 14.4 Å². The largest absolute Gasteiger partial charge is 0.480 e. The molecule has 128 valence electrons. The lowest BCUT2D eigenvalue weighted by atomic mass is 10.1. The first kappa shape index (κ1) is 21.0. The number of carboxylic acid groups (broad SMARTS) is 1. The molecular weight excluding hydrogens is 330 g/mol. The number of thioether (sulfide) groups is 1. The number of nitrogens with one attached hydrogen (secondary N) is 2. The second kappa shape index (κ2) is 10.7. The summed E-state index contributed by atoms with van der Waals surface area (Å²) in [6.45, 7) is 1.31. The number of rotatable bonds is 10. The summed E-state index contributed by atoms with van der Waals surface area (Å²) in [5.74, 6) is -2.07. The van der Waals surface area contributed by atoms with E-state index >= 15 is 0 Å². The average Bonchev–Trinajstić information content (AvgIpc) is 2.46. The number of hydrogen-bond acceptors (Lipinski definition) is 7. The Hall–Kier alpha value is -0.970. The number of nitrogens with two attached hydrogens (primary N) is 1. The van der Waals surface area contributed by atoms with Crippen LogP contribution >= 0.6 is 24.4 Å². The quantitative estimate of drug-likeness (QED) is 0.261. The Kier molecular flexibility index (Phi) is 10.2. The lowest BCUT2D eigenvalue weighted by Gasteiger charge is -2.24. The fourth-order valence-electron chi connectivity index (χ4n) is 1.49. The van der Waals surface area contributed by atoms with Gasteiger partial charge in [0.15, 0.2) is 0 Å². The Morgan fingerprint density at radius 1 is 1.27 bits per heavy atom. The molecule has 0 heterocycles. The minimum atomic E-state index is -1.28. The number of hydrogen-bond donors (Lipinski definition) is 6. The van der Waals surface area contributed by atoms with Crippen molar-refractivity contribution in [3.8, 4) is 0 Å². The molecule has 0 spiro atoms. The van der Waals surface area contributed by atoms with Crippen LogP contribution in [0.1, 0.15) is 13.3 Å². The summed E-state index contributed by atoms with van der Waals surface area (Å²) in [4.78, 5) is 34.8. The molecule has 0 saturated carbocycles. The fraction of sp³-hybridized carbons (Fsp3) is 0.750. The van der Waals surface area contributed by atoms with E-state index < -0.39 is 42.0 Å². The fourth-order valence-corrected chi connectivity index (χ4v) is 2.23. The predicted molar refractivity (Wildman–Crippen MR) is 88.0 cm³/mol. The molecule has 0 aliphatic rings. The van der Waals surface area contributed by atoms with Gasteiger partial charge in [0, 0.05) is 5.75 Å². The van der Waals surface area contributed by atoms with Gasteiger partial charge in [-0.05, 0) is 25.4 Å². The van der Waals surface area contributed by atoms with Crippen LogP contribution in [0.25, 0.3) is 0 Å². The molecule has 0 bridgehead atoms. The number of amides is 2. The SMILES string of the molecule is CSCCC(N)C(=O)NC(C(=O)NC(CS)C(=O)O)C(C)O. The van der Waals surface area contributed by atoms with Gasteiger partial charge >= 0.3 is 5.97 Å². The molecule has 6 N–H and O–H groups in total. The molecule has 0 aromatic carbocycles. The van der Waals surface area contributed by atoms with Gasteiger partial charge in [-0.2, -0.15) is 24.4 Å². The molecule has 2 amide bonds. The lowest BCUT2D eigenvalue weighted by molar-refractivity contribution is -0.142. The molecule has 0 aromatic heterocycles. The van der Waals surface area contributed by atoms with Crippen molar-refractivity contribution in [1.82, 2.24) is 10.6 Å². The molecule has 4 atom stereocenters. The van der Waals surface area contributed by atoms with Crippen molar-refractivity contribution in [2.75, 3.05) is 17.8 Å². The van der Waals surface area contributed by atoms with Crippen LogP contribution < -0.4 is 16.4 Å². The zero-order valence-electron chi connectivity index (χ0n) is 12.5. The van der Waals surface area contributed by atoms with Gasteiger partial charge < -0.3 is 26.6 Å². The van der Waals surface area contributed by atoms with Crippen LogP contribution in [-0.4, -0.2) is 70.0 Å². The van der Waals surface area contributed by atoms with E-state index in [1.807, 2.05) is 6.26 Å². The van der Waals surface area contributed by atoms with E-state index in [1.54, 1.807) is 0 Å². The molecule has 22 heavy (non-hydrogen) atoms. The number of carboxylic acids is 1. The second-order valence-corrected chi connectivity index (χ2v) is 6.05. The first-order valence-electron chi connectivity index (χ1n) is 6.61. The van der Waals surface area contributed by atoms with Crippen molar-refractivity contribution < 1.29 is 24.6 Å². The van der Waals surface area contributed by atoms with Gasteiger partial charge in [-0.25, -0.2) is 4.79 Å². The summed E-state index contributed by atoms with van der Waals surface area (Å²) in [5, 5.41) is 23.0. The predicted octanol–water partition coefficient (Wildman–Crippen LogP) is -1.57. The first-order valence-corrected chi connectivity index (χ1v) is 8.64. The van der Waals surface area contributed by atoms with Gasteiger partial charge in [0.05, 0.1) is 12.1 Å². The highest BCUT2D eigenvalue weighted by Gasteiger charge is 2.30. The summed E-state index contributed by atoms with van der Waals surface area (Å²) in [6, 6.07) is -3.30. The molecular formula is C12H23N3O5S2. The number of carbonyl (C=O) groups excluding carboxylic acids is 2. The van der Waals surface area contributed by atoms with E-state index in [0.717, 1.165) is 0 Å². The minimum absolute atomic E-state index is 0.116. The Morgan fingerprint density at radius 3 is 2.27 bits per heavy atom. The van der Waals surface area contributed by atoms with Crippen molar-refractivity contribution in [2.24, 2.45) is 5.73 Å². The number of aliphatic carboxylic acids is 1. The molecule has 0 radical (unpaired) electrons. The molecule has 4 unspecified atom stereocenters. The summed E-state index contributed by atoms with van der Waals surface area (Å²) in [7, 11) is 0. The first-order chi connectivity index (χ1) is 10.2. The Labute approximate surface area is 139 Å². The summed E-state index contributed by atoms with van der Waals surface area (Å²) >= 11 is 5.35. The molecule has 8 nitrogen and oxygen atoms in total. The Morgan fingerprint density at radius 2 is 1.86 bits per heavy atom. The molecule has 0 saturated heterocycles. The molecule has 0 rings (SSSR count). The van der Waals surface area contributed by atoms with E-state index in [1.165, 1.54) is 18.7 Å².